The van der Waals surface area contributed by atoms with Crippen molar-refractivity contribution in [3.8, 4) is 0 Å². The van der Waals surface area contributed by atoms with Gasteiger partial charge in [0.25, 0.3) is 0 Å². The molecule has 0 bridgehead atoms. The Morgan fingerprint density at radius 1 is 1.22 bits per heavy atom. The predicted molar refractivity (Wildman–Crippen MR) is 66.3 cm³/mol. The second kappa shape index (κ2) is 5.14. The highest BCUT2D eigenvalue weighted by Crippen LogP contribution is 2.22. The molecular weight excluding hydrogens is 256 g/mol. The second-order valence-corrected chi connectivity index (χ2v) is 7.17. The summed E-state index contributed by atoms with van der Waals surface area (Å²) in [5.74, 6) is -0.265. The van der Waals surface area contributed by atoms with E-state index in [1.165, 1.54) is 10.6 Å². The van der Waals surface area contributed by atoms with Crippen molar-refractivity contribution in [3.63, 3.8) is 0 Å². The van der Waals surface area contributed by atoms with Gasteiger partial charge in [-0.3, -0.25) is 4.79 Å². The molecule has 2 saturated heterocycles. The fourth-order valence-corrected chi connectivity index (χ4v) is 3.56. The van der Waals surface area contributed by atoms with Crippen LogP contribution >= 0.6 is 0 Å². The van der Waals surface area contributed by atoms with E-state index < -0.39 is 16.1 Å². The predicted octanol–water partition coefficient (Wildman–Crippen LogP) is -0.749. The number of nitrogens with zero attached hydrogens (tertiary/aromatic N) is 2. The highest BCUT2D eigenvalue weighted by Gasteiger charge is 2.34. The Morgan fingerprint density at radius 2 is 1.94 bits per heavy atom. The first-order chi connectivity index (χ1) is 8.38. The first-order valence-electron chi connectivity index (χ1n) is 6.30. The van der Waals surface area contributed by atoms with Crippen LogP contribution in [-0.2, 0) is 14.8 Å². The number of amides is 1. The lowest BCUT2D eigenvalue weighted by atomic mass is 9.98. The lowest BCUT2D eigenvalue weighted by molar-refractivity contribution is -0.136. The van der Waals surface area contributed by atoms with E-state index >= 15 is 0 Å². The van der Waals surface area contributed by atoms with E-state index in [-0.39, 0.29) is 18.4 Å². The molecule has 1 unspecified atom stereocenters. The van der Waals surface area contributed by atoms with E-state index in [4.69, 9.17) is 0 Å². The average Bonchev–Trinajstić information content (AvgIpc) is 2.74. The summed E-state index contributed by atoms with van der Waals surface area (Å²) in [6.07, 6.45) is 2.83. The van der Waals surface area contributed by atoms with Crippen LogP contribution in [0, 0.1) is 5.92 Å². The van der Waals surface area contributed by atoms with Crippen LogP contribution in [0.2, 0.25) is 0 Å². The zero-order valence-corrected chi connectivity index (χ0v) is 11.4. The molecule has 104 valence electrons. The largest absolute Gasteiger partial charge is 0.391 e. The molecule has 6 nitrogen and oxygen atoms in total. The van der Waals surface area contributed by atoms with Crippen LogP contribution in [0.15, 0.2) is 0 Å². The molecule has 2 atom stereocenters. The van der Waals surface area contributed by atoms with Crippen molar-refractivity contribution >= 4 is 15.9 Å². The van der Waals surface area contributed by atoms with Gasteiger partial charge in [-0.2, -0.15) is 0 Å². The van der Waals surface area contributed by atoms with E-state index in [1.54, 1.807) is 4.90 Å². The van der Waals surface area contributed by atoms with Crippen molar-refractivity contribution in [2.24, 2.45) is 5.92 Å². The summed E-state index contributed by atoms with van der Waals surface area (Å²) < 4.78 is 24.4. The summed E-state index contributed by atoms with van der Waals surface area (Å²) in [6, 6.07) is 0. The maximum atomic E-state index is 12.2. The van der Waals surface area contributed by atoms with Gasteiger partial charge in [0.1, 0.15) is 0 Å². The molecule has 2 fully saturated rings. The third kappa shape index (κ3) is 3.02. The molecule has 0 aromatic carbocycles. The van der Waals surface area contributed by atoms with Gasteiger partial charge in [0.15, 0.2) is 0 Å². The van der Waals surface area contributed by atoms with Crippen molar-refractivity contribution in [1.82, 2.24) is 9.21 Å². The molecule has 7 heteroatoms. The molecule has 0 aliphatic carbocycles. The van der Waals surface area contributed by atoms with Crippen LogP contribution in [0.4, 0.5) is 0 Å². The van der Waals surface area contributed by atoms with Gasteiger partial charge < -0.3 is 10.0 Å². The van der Waals surface area contributed by atoms with Gasteiger partial charge in [-0.05, 0) is 19.3 Å². The van der Waals surface area contributed by atoms with Gasteiger partial charge in [0, 0.05) is 26.2 Å². The summed E-state index contributed by atoms with van der Waals surface area (Å²) in [5.41, 5.74) is 0. The number of hydrogen-bond donors (Lipinski definition) is 1. The maximum absolute atomic E-state index is 12.2. The van der Waals surface area contributed by atoms with E-state index in [9.17, 15) is 18.3 Å². The SMILES string of the molecule is CS(=O)(=O)N1CCCC(C(=O)N2CC[C@@H](O)C2)C1. The normalized spacial score (nSPS) is 30.7. The number of sulfonamides is 1. The summed E-state index contributed by atoms with van der Waals surface area (Å²) in [4.78, 5) is 13.9. The standard InChI is InChI=1S/C11H20N2O4S/c1-18(16,17)13-5-2-3-9(7-13)11(15)12-6-4-10(14)8-12/h9-10,14H,2-8H2,1H3/t9?,10-/m1/s1. The molecule has 2 rings (SSSR count). The number of aliphatic hydroxyl groups excluding tert-OH is 1. The molecule has 18 heavy (non-hydrogen) atoms. The molecule has 0 aromatic heterocycles. The molecule has 2 aliphatic rings. The van der Waals surface area contributed by atoms with Crippen molar-refractivity contribution in [2.75, 3.05) is 32.4 Å². The Kier molecular flexibility index (Phi) is 3.93. The smallest absolute Gasteiger partial charge is 0.227 e. The zero-order valence-electron chi connectivity index (χ0n) is 10.6. The Bertz CT molecular complexity index is 423. The molecule has 2 heterocycles. The van der Waals surface area contributed by atoms with E-state index in [0.29, 0.717) is 26.1 Å². The van der Waals surface area contributed by atoms with E-state index in [0.717, 1.165) is 12.8 Å². The number of β-amino-alcohol motifs (C(OH)–C–C–N with tert-alkyl or cyclic N) is 1. The average molecular weight is 276 g/mol. The monoisotopic (exact) mass is 276 g/mol. The number of carbonyl (C=O) groups is 1. The van der Waals surface area contributed by atoms with Gasteiger partial charge in [-0.25, -0.2) is 12.7 Å². The van der Waals surface area contributed by atoms with Gasteiger partial charge in [-0.15, -0.1) is 0 Å². The van der Waals surface area contributed by atoms with Gasteiger partial charge in [0.2, 0.25) is 15.9 Å². The first-order valence-corrected chi connectivity index (χ1v) is 8.14. The van der Waals surface area contributed by atoms with Gasteiger partial charge in [-0.1, -0.05) is 0 Å². The third-order valence-corrected chi connectivity index (χ3v) is 4.95. The van der Waals surface area contributed by atoms with Crippen LogP contribution in [0.1, 0.15) is 19.3 Å². The second-order valence-electron chi connectivity index (χ2n) is 5.19. The Hall–Kier alpha value is -0.660. The summed E-state index contributed by atoms with van der Waals surface area (Å²) in [7, 11) is -3.21. The molecular formula is C11H20N2O4S. The van der Waals surface area contributed by atoms with E-state index in [1.807, 2.05) is 0 Å². The minimum Gasteiger partial charge on any atom is -0.391 e. The number of aliphatic hydroxyl groups is 1. The Labute approximate surface area is 108 Å². The fraction of sp³-hybridized carbons (Fsp3) is 0.909. The first kappa shape index (κ1) is 13.8. The molecule has 1 N–H and O–H groups in total. The Balaban J connectivity index is 1.98. The van der Waals surface area contributed by atoms with Crippen molar-refractivity contribution in [2.45, 2.75) is 25.4 Å². The molecule has 0 spiro atoms. The summed E-state index contributed by atoms with van der Waals surface area (Å²) in [5, 5.41) is 9.43. The minimum absolute atomic E-state index is 0.0140. The van der Waals surface area contributed by atoms with Crippen LogP contribution in [-0.4, -0.2) is 67.2 Å². The van der Waals surface area contributed by atoms with Gasteiger partial charge >= 0.3 is 0 Å². The Morgan fingerprint density at radius 3 is 2.50 bits per heavy atom. The molecule has 0 saturated carbocycles. The highest BCUT2D eigenvalue weighted by atomic mass is 32.2. The van der Waals surface area contributed by atoms with Crippen LogP contribution in [0.25, 0.3) is 0 Å². The third-order valence-electron chi connectivity index (χ3n) is 3.68. The number of hydrogen-bond acceptors (Lipinski definition) is 4. The van der Waals surface area contributed by atoms with Crippen LogP contribution < -0.4 is 0 Å². The van der Waals surface area contributed by atoms with Crippen molar-refractivity contribution < 1.29 is 18.3 Å². The summed E-state index contributed by atoms with van der Waals surface area (Å²) >= 11 is 0. The zero-order chi connectivity index (χ0) is 13.3. The van der Waals surface area contributed by atoms with Gasteiger partial charge in [0.05, 0.1) is 18.3 Å². The number of likely N-dealkylation sites (tertiary alicyclic amines) is 1. The maximum Gasteiger partial charge on any atom is 0.227 e. The minimum atomic E-state index is -3.21. The van der Waals surface area contributed by atoms with E-state index in [2.05, 4.69) is 0 Å². The number of carbonyl (C=O) groups excluding carboxylic acids is 1. The quantitative estimate of drug-likeness (QED) is 0.720. The number of piperidine rings is 1. The fourth-order valence-electron chi connectivity index (χ4n) is 2.65. The van der Waals surface area contributed by atoms with Crippen molar-refractivity contribution in [1.29, 1.82) is 0 Å². The van der Waals surface area contributed by atoms with Crippen LogP contribution in [0.5, 0.6) is 0 Å². The molecule has 0 aromatic rings. The van der Waals surface area contributed by atoms with Crippen LogP contribution in [0.3, 0.4) is 0 Å². The highest BCUT2D eigenvalue weighted by molar-refractivity contribution is 7.88. The topological polar surface area (TPSA) is 77.9 Å². The van der Waals surface area contributed by atoms with Crippen molar-refractivity contribution in [3.05, 3.63) is 0 Å². The number of rotatable bonds is 2. The lowest BCUT2D eigenvalue weighted by Gasteiger charge is -2.32. The lowest BCUT2D eigenvalue weighted by Crippen LogP contribution is -2.46. The molecule has 1 amide bonds. The molecule has 0 radical (unpaired) electrons. The molecule has 2 aliphatic heterocycles. The summed E-state index contributed by atoms with van der Waals surface area (Å²) in [6.45, 7) is 1.75.